The van der Waals surface area contributed by atoms with Gasteiger partial charge in [0.25, 0.3) is 11.8 Å². The van der Waals surface area contributed by atoms with Gasteiger partial charge in [-0.15, -0.1) is 0 Å². The minimum absolute atomic E-state index is 0.318. The SMILES string of the molecule is COc1cc(NC(=O)[C@]2(NC(=O)c3ccc4c(C5CCCC5)c(-c5ccccn5)n(C)c4c3)CCN(C)C2)ccc1/C=C/C(=O)O. The predicted octanol–water partition coefficient (Wildman–Crippen LogP) is 5.45. The molecule has 10 heteroatoms. The molecule has 3 N–H and O–H groups in total. The summed E-state index contributed by atoms with van der Waals surface area (Å²) >= 11 is 0. The van der Waals surface area contributed by atoms with Gasteiger partial charge in [0.2, 0.25) is 0 Å². The van der Waals surface area contributed by atoms with Crippen LogP contribution in [0.5, 0.6) is 5.75 Å². The van der Waals surface area contributed by atoms with Crippen LogP contribution in [0.4, 0.5) is 5.69 Å². The number of methoxy groups -OCH3 is 1. The van der Waals surface area contributed by atoms with Gasteiger partial charge in [-0.1, -0.05) is 25.0 Å². The maximum absolute atomic E-state index is 13.9. The molecule has 0 spiro atoms. The summed E-state index contributed by atoms with van der Waals surface area (Å²) in [7, 11) is 5.43. The van der Waals surface area contributed by atoms with E-state index in [9.17, 15) is 14.4 Å². The van der Waals surface area contributed by atoms with Crippen LogP contribution in [0, 0.1) is 0 Å². The maximum atomic E-state index is 13.9. The van der Waals surface area contributed by atoms with Crippen molar-refractivity contribution in [2.24, 2.45) is 7.05 Å². The number of benzene rings is 2. The summed E-state index contributed by atoms with van der Waals surface area (Å²) in [5.74, 6) is -0.863. The van der Waals surface area contributed by atoms with Crippen LogP contribution in [-0.4, -0.2) is 70.1 Å². The van der Waals surface area contributed by atoms with Crippen LogP contribution in [0.3, 0.4) is 0 Å². The third kappa shape index (κ3) is 6.00. The summed E-state index contributed by atoms with van der Waals surface area (Å²) in [6, 6.07) is 16.8. The zero-order valence-corrected chi connectivity index (χ0v) is 26.4. The summed E-state index contributed by atoms with van der Waals surface area (Å²) in [6.07, 6.45) is 9.41. The topological polar surface area (TPSA) is 126 Å². The molecule has 2 aliphatic rings. The molecule has 1 aliphatic carbocycles. The van der Waals surface area contributed by atoms with Gasteiger partial charge in [-0.05, 0) is 80.3 Å². The van der Waals surface area contributed by atoms with Gasteiger partial charge in [0, 0.05) is 66.2 Å². The zero-order chi connectivity index (χ0) is 32.4. The Bertz CT molecular complexity index is 1830. The number of pyridine rings is 1. The number of nitrogens with zero attached hydrogens (tertiary/aromatic N) is 3. The van der Waals surface area contributed by atoms with Crippen LogP contribution in [0.25, 0.3) is 28.4 Å². The highest BCUT2D eigenvalue weighted by Gasteiger charge is 2.45. The molecule has 1 aliphatic heterocycles. The Balaban J connectivity index is 1.30. The molecule has 2 fully saturated rings. The Morgan fingerprint density at radius 1 is 1.07 bits per heavy atom. The Hall–Kier alpha value is -4.96. The van der Waals surface area contributed by atoms with Crippen molar-refractivity contribution in [2.45, 2.75) is 43.6 Å². The number of rotatable bonds is 9. The van der Waals surface area contributed by atoms with Gasteiger partial charge in [-0.2, -0.15) is 0 Å². The Morgan fingerprint density at radius 2 is 1.87 bits per heavy atom. The average molecular weight is 622 g/mol. The molecule has 0 radical (unpaired) electrons. The van der Waals surface area contributed by atoms with Crippen LogP contribution < -0.4 is 15.4 Å². The van der Waals surface area contributed by atoms with E-state index in [1.54, 1.807) is 18.2 Å². The first-order valence-corrected chi connectivity index (χ1v) is 15.6. The number of hydrogen-bond donors (Lipinski definition) is 3. The number of carbonyl (C=O) groups is 3. The molecule has 0 unspecified atom stereocenters. The molecule has 3 heterocycles. The fourth-order valence-corrected chi connectivity index (χ4v) is 7.02. The second kappa shape index (κ2) is 12.8. The van der Waals surface area contributed by atoms with E-state index in [0.29, 0.717) is 48.0 Å². The van der Waals surface area contributed by atoms with Gasteiger partial charge >= 0.3 is 5.97 Å². The summed E-state index contributed by atoms with van der Waals surface area (Å²) in [5, 5.41) is 16.2. The molecule has 1 atom stereocenters. The van der Waals surface area contributed by atoms with E-state index in [2.05, 4.69) is 20.2 Å². The molecule has 2 aromatic heterocycles. The maximum Gasteiger partial charge on any atom is 0.328 e. The lowest BCUT2D eigenvalue weighted by Gasteiger charge is -2.29. The van der Waals surface area contributed by atoms with Crippen LogP contribution in [0.1, 0.15) is 59.5 Å². The second-order valence-corrected chi connectivity index (χ2v) is 12.4. The summed E-state index contributed by atoms with van der Waals surface area (Å²) in [5.41, 5.74) is 4.63. The number of amides is 2. The number of anilines is 1. The molecule has 238 valence electrons. The Kier molecular flexibility index (Phi) is 8.64. The summed E-state index contributed by atoms with van der Waals surface area (Å²) in [6.45, 7) is 0.994. The minimum atomic E-state index is -1.15. The number of ether oxygens (including phenoxy) is 1. The van der Waals surface area contributed by atoms with Gasteiger partial charge in [0.05, 0.1) is 18.5 Å². The van der Waals surface area contributed by atoms with Crippen molar-refractivity contribution in [3.8, 4) is 17.1 Å². The standard InChI is InChI=1S/C36H39N5O5/c1-40-19-17-36(22-40,35(45)38-26-14-11-23(13-16-31(42)43)30(21-26)46-3)39-34(44)25-12-15-27-29(20-25)41(2)33(28-10-6-7-18-37-28)32(27)24-8-4-5-9-24/h6-7,10-16,18,20-21,24H,4-5,8-9,17,19,22H2,1-3H3,(H,38,45)(H,39,44)(H,42,43)/b16-13+/t36-/m0/s1. The smallest absolute Gasteiger partial charge is 0.328 e. The highest BCUT2D eigenvalue weighted by atomic mass is 16.5. The first-order chi connectivity index (χ1) is 22.2. The number of hydrogen-bond acceptors (Lipinski definition) is 6. The third-order valence-electron chi connectivity index (χ3n) is 9.32. The lowest BCUT2D eigenvalue weighted by molar-refractivity contribution is -0.131. The van der Waals surface area contributed by atoms with Crippen molar-refractivity contribution >= 4 is 40.4 Å². The fourth-order valence-electron chi connectivity index (χ4n) is 7.02. The molecule has 2 aromatic carbocycles. The number of aryl methyl sites for hydroxylation is 1. The van der Waals surface area contributed by atoms with E-state index in [0.717, 1.165) is 41.2 Å². The summed E-state index contributed by atoms with van der Waals surface area (Å²) in [4.78, 5) is 45.4. The van der Waals surface area contributed by atoms with Gasteiger partial charge in [-0.3, -0.25) is 14.6 Å². The first kappa shape index (κ1) is 31.0. The van der Waals surface area contributed by atoms with Crippen molar-refractivity contribution < 1.29 is 24.2 Å². The van der Waals surface area contributed by atoms with Crippen molar-refractivity contribution in [1.82, 2.24) is 19.8 Å². The molecule has 2 amide bonds. The Morgan fingerprint density at radius 3 is 2.54 bits per heavy atom. The van der Waals surface area contributed by atoms with Gasteiger partial charge in [-0.25, -0.2) is 4.79 Å². The molecular weight excluding hydrogens is 582 g/mol. The molecule has 46 heavy (non-hydrogen) atoms. The first-order valence-electron chi connectivity index (χ1n) is 15.6. The van der Waals surface area contributed by atoms with E-state index in [1.165, 1.54) is 31.6 Å². The monoisotopic (exact) mass is 621 g/mol. The van der Waals surface area contributed by atoms with Crippen molar-refractivity contribution in [3.63, 3.8) is 0 Å². The predicted molar refractivity (Wildman–Crippen MR) is 178 cm³/mol. The number of fused-ring (bicyclic) bond motifs is 1. The highest BCUT2D eigenvalue weighted by molar-refractivity contribution is 6.06. The lowest BCUT2D eigenvalue weighted by Crippen LogP contribution is -2.58. The van der Waals surface area contributed by atoms with Gasteiger partial charge in [0.15, 0.2) is 0 Å². The van der Waals surface area contributed by atoms with Crippen LogP contribution in [0.2, 0.25) is 0 Å². The van der Waals surface area contributed by atoms with Crippen molar-refractivity contribution in [1.29, 1.82) is 0 Å². The highest BCUT2D eigenvalue weighted by Crippen LogP contribution is 2.44. The molecule has 1 saturated heterocycles. The van der Waals surface area contributed by atoms with Crippen molar-refractivity contribution in [3.05, 3.63) is 83.6 Å². The van der Waals surface area contributed by atoms with E-state index in [1.807, 2.05) is 61.6 Å². The molecule has 4 aromatic rings. The third-order valence-corrected chi connectivity index (χ3v) is 9.32. The number of nitrogens with one attached hydrogen (secondary N) is 2. The molecular formula is C36H39N5O5. The lowest BCUT2D eigenvalue weighted by atomic mass is 9.92. The number of carboxylic acids is 1. The van der Waals surface area contributed by atoms with Crippen LogP contribution in [-0.2, 0) is 16.6 Å². The number of aliphatic carboxylic acids is 1. The summed E-state index contributed by atoms with van der Waals surface area (Å²) < 4.78 is 7.58. The second-order valence-electron chi connectivity index (χ2n) is 12.4. The van der Waals surface area contributed by atoms with Crippen molar-refractivity contribution in [2.75, 3.05) is 32.6 Å². The largest absolute Gasteiger partial charge is 0.496 e. The average Bonchev–Trinajstić information content (AvgIpc) is 3.79. The van der Waals surface area contributed by atoms with Gasteiger partial charge in [0.1, 0.15) is 11.3 Å². The number of likely N-dealkylation sites (tertiary alicyclic amines) is 1. The number of likely N-dealkylation sites (N-methyl/N-ethyl adjacent to an activating group) is 1. The molecule has 1 saturated carbocycles. The molecule has 6 rings (SSSR count). The number of carboxylic acid groups (broad SMARTS) is 1. The number of aromatic nitrogens is 2. The van der Waals surface area contributed by atoms with E-state index in [4.69, 9.17) is 9.84 Å². The van der Waals surface area contributed by atoms with E-state index in [-0.39, 0.29) is 11.8 Å². The van der Waals surface area contributed by atoms with Crippen LogP contribution in [0.15, 0.2) is 66.9 Å². The van der Waals surface area contributed by atoms with Gasteiger partial charge < -0.3 is 29.9 Å². The normalized spacial score (nSPS) is 18.8. The van der Waals surface area contributed by atoms with Crippen LogP contribution >= 0.6 is 0 Å². The van der Waals surface area contributed by atoms with E-state index >= 15 is 0 Å². The number of carbonyl (C=O) groups excluding carboxylic acids is 2. The molecule has 10 nitrogen and oxygen atoms in total. The Labute approximate surface area is 268 Å². The fraction of sp³-hybridized carbons (Fsp3) is 0.333. The minimum Gasteiger partial charge on any atom is -0.496 e. The zero-order valence-electron chi connectivity index (χ0n) is 26.4. The van der Waals surface area contributed by atoms with E-state index < -0.39 is 11.5 Å². The quantitative estimate of drug-likeness (QED) is 0.212. The molecule has 0 bridgehead atoms.